The van der Waals surface area contributed by atoms with Crippen LogP contribution in [0.1, 0.15) is 23.4 Å². The minimum atomic E-state index is -0.737. The minimum absolute atomic E-state index is 0.307. The van der Waals surface area contributed by atoms with E-state index in [0.29, 0.717) is 5.13 Å². The van der Waals surface area contributed by atoms with Gasteiger partial charge in [0.1, 0.15) is 0 Å². The van der Waals surface area contributed by atoms with Crippen LogP contribution >= 0.6 is 11.3 Å². The van der Waals surface area contributed by atoms with Gasteiger partial charge < -0.3 is 0 Å². The zero-order valence-electron chi connectivity index (χ0n) is 10.1. The average Bonchev–Trinajstić information content (AvgIpc) is 2.81. The zero-order valence-corrected chi connectivity index (χ0v) is 10.9. The minimum Gasteiger partial charge on any atom is -0.300 e. The van der Waals surface area contributed by atoms with Crippen molar-refractivity contribution in [2.45, 2.75) is 31.7 Å². The zero-order chi connectivity index (χ0) is 13.2. The molecule has 0 radical (unpaired) electrons. The first-order valence-corrected chi connectivity index (χ1v) is 6.96. The van der Waals surface area contributed by atoms with E-state index < -0.39 is 11.9 Å². The molecule has 1 aliphatic carbocycles. The Bertz CT molecular complexity index is 551. The Morgan fingerprint density at radius 3 is 2.95 bits per heavy atom. The molecule has 2 aliphatic rings. The molecule has 1 N–H and O–H groups in total. The van der Waals surface area contributed by atoms with Gasteiger partial charge in [0.2, 0.25) is 0 Å². The molecule has 2 amide bonds. The molecule has 0 saturated carbocycles. The number of azo groups is 1. The van der Waals surface area contributed by atoms with Crippen molar-refractivity contribution in [1.82, 2.24) is 4.98 Å². The SMILES string of the molecule is O=C1C=CC(C(=O)Nc2nc3c(s2)CCCC3)N=N1. The first kappa shape index (κ1) is 12.2. The van der Waals surface area contributed by atoms with Crippen molar-refractivity contribution in [3.8, 4) is 0 Å². The van der Waals surface area contributed by atoms with Crippen molar-refractivity contribution < 1.29 is 9.59 Å². The summed E-state index contributed by atoms with van der Waals surface area (Å²) in [4.78, 5) is 28.4. The second kappa shape index (κ2) is 5.00. The van der Waals surface area contributed by atoms with Gasteiger partial charge in [0.25, 0.3) is 11.8 Å². The number of thiazole rings is 1. The Morgan fingerprint density at radius 2 is 2.21 bits per heavy atom. The van der Waals surface area contributed by atoms with Crippen LogP contribution in [0.15, 0.2) is 22.4 Å². The number of nitrogens with one attached hydrogen (secondary N) is 1. The number of aromatic nitrogens is 1. The summed E-state index contributed by atoms with van der Waals surface area (Å²) in [6, 6.07) is -0.737. The van der Waals surface area contributed by atoms with Crippen LogP contribution < -0.4 is 5.32 Å². The summed E-state index contributed by atoms with van der Waals surface area (Å²) in [6.45, 7) is 0. The summed E-state index contributed by atoms with van der Waals surface area (Å²) < 4.78 is 0. The molecule has 1 aromatic heterocycles. The second-order valence-corrected chi connectivity index (χ2v) is 5.53. The maximum atomic E-state index is 11.9. The molecule has 0 saturated heterocycles. The number of aryl methyl sites for hydroxylation is 2. The van der Waals surface area contributed by atoms with Gasteiger partial charge in [-0.15, -0.1) is 16.5 Å². The molecule has 1 aromatic rings. The average molecular weight is 276 g/mol. The van der Waals surface area contributed by atoms with E-state index in [4.69, 9.17) is 0 Å². The standard InChI is InChI=1S/C12H12N4O2S/c17-10-6-5-8(15-16-10)11(18)14-12-13-7-3-1-2-4-9(7)19-12/h5-6,8H,1-4H2,(H,13,14,18). The molecule has 3 rings (SSSR count). The van der Waals surface area contributed by atoms with E-state index in [0.717, 1.165) is 25.0 Å². The van der Waals surface area contributed by atoms with E-state index in [9.17, 15) is 9.59 Å². The van der Waals surface area contributed by atoms with Gasteiger partial charge in [-0.05, 0) is 31.8 Å². The number of hydrogen-bond donors (Lipinski definition) is 1. The molecule has 1 aliphatic heterocycles. The number of carbonyl (C=O) groups excluding carboxylic acids is 2. The van der Waals surface area contributed by atoms with E-state index in [1.807, 2.05) is 0 Å². The molecule has 98 valence electrons. The smallest absolute Gasteiger partial charge is 0.287 e. The third-order valence-corrected chi connectivity index (χ3v) is 4.12. The monoisotopic (exact) mass is 276 g/mol. The van der Waals surface area contributed by atoms with Gasteiger partial charge in [-0.1, -0.05) is 0 Å². The fraction of sp³-hybridized carbons (Fsp3) is 0.417. The molecule has 0 fully saturated rings. The molecule has 19 heavy (non-hydrogen) atoms. The highest BCUT2D eigenvalue weighted by Gasteiger charge is 2.21. The van der Waals surface area contributed by atoms with Gasteiger partial charge in [0.15, 0.2) is 11.2 Å². The topological polar surface area (TPSA) is 83.8 Å². The van der Waals surface area contributed by atoms with Crippen LogP contribution in [0.25, 0.3) is 0 Å². The predicted octanol–water partition coefficient (Wildman–Crippen LogP) is 1.88. The van der Waals surface area contributed by atoms with Crippen LogP contribution in [0.3, 0.4) is 0 Å². The lowest BCUT2D eigenvalue weighted by molar-refractivity contribution is -0.117. The van der Waals surface area contributed by atoms with E-state index in [-0.39, 0.29) is 5.91 Å². The van der Waals surface area contributed by atoms with Gasteiger partial charge >= 0.3 is 0 Å². The molecule has 7 heteroatoms. The number of anilines is 1. The maximum absolute atomic E-state index is 11.9. The quantitative estimate of drug-likeness (QED) is 0.895. The highest BCUT2D eigenvalue weighted by Crippen LogP contribution is 2.29. The van der Waals surface area contributed by atoms with Crippen LogP contribution in [0, 0.1) is 0 Å². The van der Waals surface area contributed by atoms with Crippen LogP contribution in [-0.4, -0.2) is 22.8 Å². The van der Waals surface area contributed by atoms with Crippen molar-refractivity contribution in [2.24, 2.45) is 10.2 Å². The van der Waals surface area contributed by atoms with Crippen molar-refractivity contribution in [1.29, 1.82) is 0 Å². The number of carbonyl (C=O) groups is 2. The van der Waals surface area contributed by atoms with Crippen molar-refractivity contribution in [3.05, 3.63) is 22.7 Å². The highest BCUT2D eigenvalue weighted by molar-refractivity contribution is 7.15. The number of hydrogen-bond acceptors (Lipinski definition) is 5. The van der Waals surface area contributed by atoms with E-state index in [1.165, 1.54) is 34.8 Å². The lowest BCUT2D eigenvalue weighted by Crippen LogP contribution is -2.25. The first-order chi connectivity index (χ1) is 9.22. The molecule has 6 nitrogen and oxygen atoms in total. The Labute approximate surface area is 113 Å². The van der Waals surface area contributed by atoms with Crippen LogP contribution in [0.5, 0.6) is 0 Å². The molecule has 1 atom stereocenters. The lowest BCUT2D eigenvalue weighted by atomic mass is 10.0. The summed E-state index contributed by atoms with van der Waals surface area (Å²) in [6.07, 6.45) is 7.07. The van der Waals surface area contributed by atoms with E-state index in [1.54, 1.807) is 0 Å². The Kier molecular flexibility index (Phi) is 3.20. The lowest BCUT2D eigenvalue weighted by Gasteiger charge is -2.07. The van der Waals surface area contributed by atoms with Gasteiger partial charge in [-0.2, -0.15) is 5.11 Å². The highest BCUT2D eigenvalue weighted by atomic mass is 32.1. The largest absolute Gasteiger partial charge is 0.300 e. The summed E-state index contributed by atoms with van der Waals surface area (Å²) in [7, 11) is 0. The van der Waals surface area contributed by atoms with Crippen LogP contribution in [-0.2, 0) is 22.4 Å². The molecule has 0 bridgehead atoms. The molecule has 2 heterocycles. The fourth-order valence-electron chi connectivity index (χ4n) is 2.09. The summed E-state index contributed by atoms with van der Waals surface area (Å²) in [5.41, 5.74) is 1.10. The molecule has 0 aromatic carbocycles. The Balaban J connectivity index is 1.69. The number of nitrogens with zero attached hydrogens (tertiary/aromatic N) is 3. The normalized spacial score (nSPS) is 21.3. The fourth-order valence-corrected chi connectivity index (χ4v) is 3.14. The van der Waals surface area contributed by atoms with Gasteiger partial charge in [-0.3, -0.25) is 14.9 Å². The number of fused-ring (bicyclic) bond motifs is 1. The number of amides is 2. The molecular formula is C12H12N4O2S. The first-order valence-electron chi connectivity index (χ1n) is 6.15. The summed E-state index contributed by atoms with van der Waals surface area (Å²) >= 11 is 1.52. The van der Waals surface area contributed by atoms with E-state index in [2.05, 4.69) is 20.5 Å². The van der Waals surface area contributed by atoms with Gasteiger partial charge in [0, 0.05) is 11.0 Å². The molecular weight excluding hydrogens is 264 g/mol. The third-order valence-electron chi connectivity index (χ3n) is 3.05. The second-order valence-electron chi connectivity index (χ2n) is 4.44. The number of rotatable bonds is 2. The van der Waals surface area contributed by atoms with Crippen LogP contribution in [0.4, 0.5) is 5.13 Å². The third kappa shape index (κ3) is 2.60. The van der Waals surface area contributed by atoms with Crippen molar-refractivity contribution in [3.63, 3.8) is 0 Å². The maximum Gasteiger partial charge on any atom is 0.287 e. The van der Waals surface area contributed by atoms with Crippen LogP contribution in [0.2, 0.25) is 0 Å². The van der Waals surface area contributed by atoms with Crippen molar-refractivity contribution in [2.75, 3.05) is 5.32 Å². The Morgan fingerprint density at radius 1 is 1.37 bits per heavy atom. The summed E-state index contributed by atoms with van der Waals surface area (Å²) in [5.74, 6) is -0.743. The van der Waals surface area contributed by atoms with E-state index >= 15 is 0 Å². The van der Waals surface area contributed by atoms with Gasteiger partial charge in [0.05, 0.1) is 5.69 Å². The summed E-state index contributed by atoms with van der Waals surface area (Å²) in [5, 5.41) is 10.3. The Hall–Kier alpha value is -1.89. The van der Waals surface area contributed by atoms with Gasteiger partial charge in [-0.25, -0.2) is 4.98 Å². The molecule has 0 spiro atoms. The van der Waals surface area contributed by atoms with Crippen molar-refractivity contribution >= 4 is 28.3 Å². The molecule has 1 unspecified atom stereocenters. The predicted molar refractivity (Wildman–Crippen MR) is 70.2 cm³/mol.